The van der Waals surface area contributed by atoms with Crippen LogP contribution < -0.4 is 5.32 Å². The van der Waals surface area contributed by atoms with Crippen molar-refractivity contribution >= 4 is 28.3 Å². The fraction of sp³-hybridized carbons (Fsp3) is 0.267. The predicted molar refractivity (Wildman–Crippen MR) is 75.8 cm³/mol. The number of carbonyl (C=O) groups excluding carboxylic acids is 1. The van der Waals surface area contributed by atoms with Crippen molar-refractivity contribution in [3.05, 3.63) is 48.0 Å². The molecule has 0 aliphatic rings. The maximum atomic E-state index is 11.8. The van der Waals surface area contributed by atoms with Crippen molar-refractivity contribution in [3.8, 4) is 0 Å². The summed E-state index contributed by atoms with van der Waals surface area (Å²) < 4.78 is 0. The molecular weight excluding hydrogens is 246 g/mol. The van der Waals surface area contributed by atoms with Crippen LogP contribution in [0.3, 0.4) is 0 Å². The van der Waals surface area contributed by atoms with Gasteiger partial charge in [-0.15, -0.1) is 11.6 Å². The van der Waals surface area contributed by atoms with E-state index in [1.54, 1.807) is 0 Å². The number of amides is 1. The van der Waals surface area contributed by atoms with Crippen LogP contribution in [-0.2, 0) is 4.79 Å². The maximum Gasteiger partial charge on any atom is 0.242 e. The molecule has 0 aromatic heterocycles. The smallest absolute Gasteiger partial charge is 0.242 e. The zero-order valence-corrected chi connectivity index (χ0v) is 11.1. The Bertz CT molecular complexity index is 553. The molecule has 2 nitrogen and oxygen atoms in total. The van der Waals surface area contributed by atoms with Crippen molar-refractivity contribution in [2.45, 2.75) is 18.7 Å². The largest absolute Gasteiger partial charge is 0.355 e. The number of halogens is 1. The summed E-state index contributed by atoms with van der Waals surface area (Å²) in [6.45, 7) is 2.68. The number of benzene rings is 2. The van der Waals surface area contributed by atoms with Gasteiger partial charge in [0, 0.05) is 6.54 Å². The van der Waals surface area contributed by atoms with Crippen molar-refractivity contribution in [2.24, 2.45) is 0 Å². The molecule has 3 heteroatoms. The first-order valence-corrected chi connectivity index (χ1v) is 6.56. The molecule has 18 heavy (non-hydrogen) atoms. The van der Waals surface area contributed by atoms with E-state index in [1.807, 2.05) is 49.4 Å². The second-order valence-corrected chi connectivity index (χ2v) is 4.70. The average Bonchev–Trinajstić information content (AvgIpc) is 2.43. The van der Waals surface area contributed by atoms with E-state index in [0.717, 1.165) is 22.8 Å². The highest BCUT2D eigenvalue weighted by Crippen LogP contribution is 2.24. The van der Waals surface area contributed by atoms with Gasteiger partial charge in [0.25, 0.3) is 0 Å². The summed E-state index contributed by atoms with van der Waals surface area (Å²) in [5, 5.41) is 4.44. The zero-order valence-electron chi connectivity index (χ0n) is 10.3. The Morgan fingerprint density at radius 2 is 1.94 bits per heavy atom. The minimum absolute atomic E-state index is 0.131. The van der Waals surface area contributed by atoms with E-state index >= 15 is 0 Å². The summed E-state index contributed by atoms with van der Waals surface area (Å²) in [5.41, 5.74) is 0.837. The van der Waals surface area contributed by atoms with Gasteiger partial charge in [-0.1, -0.05) is 43.3 Å². The van der Waals surface area contributed by atoms with Gasteiger partial charge in [0.1, 0.15) is 5.38 Å². The Morgan fingerprint density at radius 1 is 1.22 bits per heavy atom. The van der Waals surface area contributed by atoms with E-state index in [9.17, 15) is 4.79 Å². The van der Waals surface area contributed by atoms with Gasteiger partial charge in [0.15, 0.2) is 0 Å². The van der Waals surface area contributed by atoms with E-state index in [2.05, 4.69) is 5.32 Å². The molecular formula is C15H16ClNO. The second kappa shape index (κ2) is 5.87. The molecule has 0 spiro atoms. The lowest BCUT2D eigenvalue weighted by Gasteiger charge is -2.11. The van der Waals surface area contributed by atoms with Gasteiger partial charge in [-0.3, -0.25) is 4.79 Å². The Balaban J connectivity index is 2.22. The predicted octanol–water partition coefficient (Wildman–Crippen LogP) is 3.65. The number of fused-ring (bicyclic) bond motifs is 1. The molecule has 0 heterocycles. The van der Waals surface area contributed by atoms with Gasteiger partial charge < -0.3 is 5.32 Å². The molecule has 94 valence electrons. The van der Waals surface area contributed by atoms with Crippen LogP contribution in [0.25, 0.3) is 10.8 Å². The van der Waals surface area contributed by atoms with Crippen LogP contribution in [0.15, 0.2) is 42.5 Å². The molecule has 0 saturated heterocycles. The highest BCUT2D eigenvalue weighted by atomic mass is 35.5. The summed E-state index contributed by atoms with van der Waals surface area (Å²) in [4.78, 5) is 11.8. The first-order chi connectivity index (χ1) is 8.72. The van der Waals surface area contributed by atoms with Crippen molar-refractivity contribution in [1.29, 1.82) is 0 Å². The van der Waals surface area contributed by atoms with E-state index < -0.39 is 5.38 Å². The molecule has 2 aromatic carbocycles. The molecule has 0 aliphatic heterocycles. The lowest BCUT2D eigenvalue weighted by atomic mass is 10.0. The Labute approximate surface area is 112 Å². The lowest BCUT2D eigenvalue weighted by molar-refractivity contribution is -0.120. The van der Waals surface area contributed by atoms with Crippen molar-refractivity contribution < 1.29 is 4.79 Å². The van der Waals surface area contributed by atoms with Crippen LogP contribution in [0.4, 0.5) is 0 Å². The van der Waals surface area contributed by atoms with Crippen LogP contribution in [0.5, 0.6) is 0 Å². The number of hydrogen-bond donors (Lipinski definition) is 1. The molecule has 1 N–H and O–H groups in total. The molecule has 0 saturated carbocycles. The fourth-order valence-electron chi connectivity index (χ4n) is 1.85. The topological polar surface area (TPSA) is 29.1 Å². The molecule has 1 atom stereocenters. The Hall–Kier alpha value is -1.54. The molecule has 0 aliphatic carbocycles. The highest BCUT2D eigenvalue weighted by Gasteiger charge is 2.16. The third-order valence-electron chi connectivity index (χ3n) is 2.85. The van der Waals surface area contributed by atoms with Crippen LogP contribution in [0, 0.1) is 0 Å². The molecule has 0 fully saturated rings. The van der Waals surface area contributed by atoms with Gasteiger partial charge >= 0.3 is 0 Å². The first-order valence-electron chi connectivity index (χ1n) is 6.13. The Morgan fingerprint density at radius 3 is 2.67 bits per heavy atom. The van der Waals surface area contributed by atoms with E-state index in [0.29, 0.717) is 6.54 Å². The highest BCUT2D eigenvalue weighted by molar-refractivity contribution is 6.30. The molecule has 1 unspecified atom stereocenters. The quantitative estimate of drug-likeness (QED) is 0.837. The minimum atomic E-state index is -0.624. The summed E-state index contributed by atoms with van der Waals surface area (Å²) in [6, 6.07) is 13.9. The summed E-state index contributed by atoms with van der Waals surface area (Å²) in [5.74, 6) is -0.131. The average molecular weight is 262 g/mol. The zero-order chi connectivity index (χ0) is 13.0. The lowest BCUT2D eigenvalue weighted by Crippen LogP contribution is -2.27. The number of alkyl halides is 1. The van der Waals surface area contributed by atoms with Crippen molar-refractivity contribution in [2.75, 3.05) is 6.54 Å². The van der Waals surface area contributed by atoms with Gasteiger partial charge in [-0.25, -0.2) is 0 Å². The number of carbonyl (C=O) groups is 1. The van der Waals surface area contributed by atoms with Crippen molar-refractivity contribution in [1.82, 2.24) is 5.32 Å². The molecule has 0 bridgehead atoms. The number of hydrogen-bond acceptors (Lipinski definition) is 1. The van der Waals surface area contributed by atoms with E-state index in [-0.39, 0.29) is 5.91 Å². The molecule has 1 amide bonds. The van der Waals surface area contributed by atoms with Gasteiger partial charge in [-0.05, 0) is 28.8 Å². The van der Waals surface area contributed by atoms with Crippen LogP contribution >= 0.6 is 11.6 Å². The van der Waals surface area contributed by atoms with Crippen LogP contribution in [0.1, 0.15) is 24.3 Å². The standard InChI is InChI=1S/C15H16ClNO/c1-2-9-17-15(18)14(16)13-8-7-11-5-3-4-6-12(11)10-13/h3-8,10,14H,2,9H2,1H3,(H,17,18). The van der Waals surface area contributed by atoms with Gasteiger partial charge in [0.05, 0.1) is 0 Å². The SMILES string of the molecule is CCCNC(=O)C(Cl)c1ccc2ccccc2c1. The minimum Gasteiger partial charge on any atom is -0.355 e. The van der Waals surface area contributed by atoms with Crippen LogP contribution in [-0.4, -0.2) is 12.5 Å². The molecule has 2 aromatic rings. The number of rotatable bonds is 4. The van der Waals surface area contributed by atoms with Gasteiger partial charge in [-0.2, -0.15) is 0 Å². The monoisotopic (exact) mass is 261 g/mol. The fourth-order valence-corrected chi connectivity index (χ4v) is 2.07. The van der Waals surface area contributed by atoms with Crippen molar-refractivity contribution in [3.63, 3.8) is 0 Å². The Kier molecular flexibility index (Phi) is 4.21. The molecule has 2 rings (SSSR count). The van der Waals surface area contributed by atoms with Crippen LogP contribution in [0.2, 0.25) is 0 Å². The van der Waals surface area contributed by atoms with E-state index in [4.69, 9.17) is 11.6 Å². The second-order valence-electron chi connectivity index (χ2n) is 4.26. The van der Waals surface area contributed by atoms with E-state index in [1.165, 1.54) is 0 Å². The normalized spacial score (nSPS) is 12.3. The summed E-state index contributed by atoms with van der Waals surface area (Å²) in [6.07, 6.45) is 0.910. The van der Waals surface area contributed by atoms with Gasteiger partial charge in [0.2, 0.25) is 5.91 Å². The first kappa shape index (κ1) is 12.9. The molecule has 0 radical (unpaired) electrons. The maximum absolute atomic E-state index is 11.8. The summed E-state index contributed by atoms with van der Waals surface area (Å²) in [7, 11) is 0. The third-order valence-corrected chi connectivity index (χ3v) is 3.30. The summed E-state index contributed by atoms with van der Waals surface area (Å²) >= 11 is 6.18. The third kappa shape index (κ3) is 2.82. The number of nitrogens with one attached hydrogen (secondary N) is 1.